The van der Waals surface area contributed by atoms with E-state index >= 15 is 0 Å². The lowest BCUT2D eigenvalue weighted by Gasteiger charge is -2.11. The molecule has 30 heavy (non-hydrogen) atoms. The van der Waals surface area contributed by atoms with Crippen molar-refractivity contribution < 1.29 is 42.2 Å². The number of esters is 1. The molecule has 0 unspecified atom stereocenters. The van der Waals surface area contributed by atoms with Crippen molar-refractivity contribution in [3.63, 3.8) is 0 Å². The van der Waals surface area contributed by atoms with Crippen molar-refractivity contribution in [3.05, 3.63) is 52.1 Å². The lowest BCUT2D eigenvalue weighted by Crippen LogP contribution is -2.21. The molecule has 0 atom stereocenters. The van der Waals surface area contributed by atoms with Crippen LogP contribution in [0.4, 0.5) is 20.2 Å². The number of anilines is 1. The second-order valence-corrected chi connectivity index (χ2v) is 5.51. The second kappa shape index (κ2) is 10.0. The zero-order valence-electron chi connectivity index (χ0n) is 15.7. The van der Waals surface area contributed by atoms with Crippen LogP contribution in [0.25, 0.3) is 0 Å². The molecule has 0 saturated carbocycles. The SMILES string of the molecule is COc1ccc(NC(=O)COC(=O)c2ccc(OC(F)F)c(OC)c2)c([N+](=O)[O-])c1. The van der Waals surface area contributed by atoms with E-state index < -0.39 is 35.7 Å². The fourth-order valence-corrected chi connectivity index (χ4v) is 2.28. The van der Waals surface area contributed by atoms with Gasteiger partial charge in [-0.15, -0.1) is 0 Å². The molecule has 0 heterocycles. The van der Waals surface area contributed by atoms with Crippen LogP contribution in [-0.2, 0) is 9.53 Å². The number of alkyl halides is 2. The van der Waals surface area contributed by atoms with E-state index in [-0.39, 0.29) is 28.5 Å². The van der Waals surface area contributed by atoms with Crippen LogP contribution >= 0.6 is 0 Å². The molecule has 0 spiro atoms. The maximum Gasteiger partial charge on any atom is 0.387 e. The van der Waals surface area contributed by atoms with Crippen LogP contribution in [0.1, 0.15) is 10.4 Å². The number of amides is 1. The minimum Gasteiger partial charge on any atom is -0.496 e. The molecule has 0 aliphatic carbocycles. The maximum atomic E-state index is 12.3. The number of ether oxygens (including phenoxy) is 4. The van der Waals surface area contributed by atoms with Crippen molar-refractivity contribution in [1.29, 1.82) is 0 Å². The van der Waals surface area contributed by atoms with Crippen molar-refractivity contribution >= 4 is 23.3 Å². The topological polar surface area (TPSA) is 126 Å². The predicted octanol–water partition coefficient (Wildman–Crippen LogP) is 3.01. The van der Waals surface area contributed by atoms with Crippen LogP contribution in [0.5, 0.6) is 17.2 Å². The first-order valence-electron chi connectivity index (χ1n) is 8.17. The number of halogens is 2. The van der Waals surface area contributed by atoms with E-state index in [2.05, 4.69) is 10.1 Å². The van der Waals surface area contributed by atoms with E-state index in [0.29, 0.717) is 0 Å². The molecule has 0 aliphatic rings. The average molecular weight is 426 g/mol. The van der Waals surface area contributed by atoms with E-state index in [0.717, 1.165) is 24.3 Å². The molecule has 160 valence electrons. The molecule has 1 N–H and O–H groups in total. The Morgan fingerprint density at radius 1 is 1.10 bits per heavy atom. The monoisotopic (exact) mass is 426 g/mol. The molecule has 0 aliphatic heterocycles. The number of hydrogen-bond donors (Lipinski definition) is 1. The highest BCUT2D eigenvalue weighted by Crippen LogP contribution is 2.30. The Morgan fingerprint density at radius 3 is 2.43 bits per heavy atom. The Labute approximate surface area is 168 Å². The molecular formula is C18H16F2N2O8. The van der Waals surface area contributed by atoms with Gasteiger partial charge in [0, 0.05) is 0 Å². The number of methoxy groups -OCH3 is 2. The zero-order valence-corrected chi connectivity index (χ0v) is 15.7. The standard InChI is InChI=1S/C18H16F2N2O8/c1-27-11-4-5-12(13(8-11)22(25)26)21-16(23)9-29-17(24)10-3-6-14(30-18(19)20)15(7-10)28-2/h3-8,18H,9H2,1-2H3,(H,21,23). The van der Waals surface area contributed by atoms with Crippen LogP contribution in [0, 0.1) is 10.1 Å². The number of nitrogens with one attached hydrogen (secondary N) is 1. The number of nitrogens with zero attached hydrogens (tertiary/aromatic N) is 1. The van der Waals surface area contributed by atoms with Crippen molar-refractivity contribution in [2.75, 3.05) is 26.1 Å². The molecule has 0 saturated heterocycles. The zero-order chi connectivity index (χ0) is 22.3. The summed E-state index contributed by atoms with van der Waals surface area (Å²) < 4.78 is 43.5. The minimum atomic E-state index is -3.08. The van der Waals surface area contributed by atoms with Gasteiger partial charge in [0.2, 0.25) is 0 Å². The van der Waals surface area contributed by atoms with Crippen LogP contribution in [0.2, 0.25) is 0 Å². The van der Waals surface area contributed by atoms with Crippen molar-refractivity contribution in [2.24, 2.45) is 0 Å². The molecule has 2 rings (SSSR count). The number of hydrogen-bond acceptors (Lipinski definition) is 8. The summed E-state index contributed by atoms with van der Waals surface area (Å²) >= 11 is 0. The van der Waals surface area contributed by atoms with Crippen LogP contribution in [-0.4, -0.2) is 44.2 Å². The van der Waals surface area contributed by atoms with Crippen molar-refractivity contribution in [3.8, 4) is 17.2 Å². The van der Waals surface area contributed by atoms with Crippen molar-refractivity contribution in [2.45, 2.75) is 6.61 Å². The molecule has 12 heteroatoms. The maximum absolute atomic E-state index is 12.3. The highest BCUT2D eigenvalue weighted by Gasteiger charge is 2.19. The van der Waals surface area contributed by atoms with E-state index in [1.54, 1.807) is 0 Å². The molecule has 2 aromatic carbocycles. The number of carbonyl (C=O) groups is 2. The first kappa shape index (κ1) is 22.3. The number of rotatable bonds is 9. The molecule has 1 amide bonds. The van der Waals surface area contributed by atoms with Gasteiger partial charge >= 0.3 is 12.6 Å². The lowest BCUT2D eigenvalue weighted by molar-refractivity contribution is -0.384. The molecular weight excluding hydrogens is 410 g/mol. The van der Waals surface area contributed by atoms with Gasteiger partial charge in [0.05, 0.1) is 30.8 Å². The minimum absolute atomic E-state index is 0.0864. The molecule has 0 aromatic heterocycles. The van der Waals surface area contributed by atoms with E-state index in [1.807, 2.05) is 0 Å². The fraction of sp³-hybridized carbons (Fsp3) is 0.222. The van der Waals surface area contributed by atoms with Gasteiger partial charge in [-0.25, -0.2) is 4.79 Å². The molecule has 0 radical (unpaired) electrons. The number of nitro benzene ring substituents is 1. The van der Waals surface area contributed by atoms with Crippen LogP contribution < -0.4 is 19.5 Å². The van der Waals surface area contributed by atoms with Gasteiger partial charge in [-0.3, -0.25) is 14.9 Å². The summed E-state index contributed by atoms with van der Waals surface area (Å²) in [5, 5.41) is 13.4. The summed E-state index contributed by atoms with van der Waals surface area (Å²) in [5.41, 5.74) is -0.609. The Bertz CT molecular complexity index is 952. The first-order valence-corrected chi connectivity index (χ1v) is 8.17. The van der Waals surface area contributed by atoms with E-state index in [9.17, 15) is 28.5 Å². The van der Waals surface area contributed by atoms with Crippen LogP contribution in [0.15, 0.2) is 36.4 Å². The predicted molar refractivity (Wildman–Crippen MR) is 98.2 cm³/mol. The summed E-state index contributed by atoms with van der Waals surface area (Å²) in [7, 11) is 2.52. The van der Waals surface area contributed by atoms with Gasteiger partial charge in [0.1, 0.15) is 11.4 Å². The summed E-state index contributed by atoms with van der Waals surface area (Å²) in [6.45, 7) is -3.83. The smallest absolute Gasteiger partial charge is 0.387 e. The fourth-order valence-electron chi connectivity index (χ4n) is 2.28. The lowest BCUT2D eigenvalue weighted by atomic mass is 10.2. The van der Waals surface area contributed by atoms with Gasteiger partial charge in [0.15, 0.2) is 18.1 Å². The second-order valence-electron chi connectivity index (χ2n) is 5.51. The molecule has 0 bridgehead atoms. The van der Waals surface area contributed by atoms with E-state index in [1.165, 1.54) is 26.4 Å². The summed E-state index contributed by atoms with van der Waals surface area (Å²) in [6, 6.07) is 7.13. The average Bonchev–Trinajstić information content (AvgIpc) is 2.72. The third-order valence-electron chi connectivity index (χ3n) is 3.63. The third-order valence-corrected chi connectivity index (χ3v) is 3.63. The largest absolute Gasteiger partial charge is 0.496 e. The normalized spacial score (nSPS) is 10.3. The van der Waals surface area contributed by atoms with Crippen LogP contribution in [0.3, 0.4) is 0 Å². The number of benzene rings is 2. The van der Waals surface area contributed by atoms with Gasteiger partial charge in [-0.05, 0) is 30.3 Å². The molecule has 0 fully saturated rings. The first-order chi connectivity index (χ1) is 14.2. The Morgan fingerprint density at radius 2 is 1.83 bits per heavy atom. The van der Waals surface area contributed by atoms with E-state index in [4.69, 9.17) is 14.2 Å². The third kappa shape index (κ3) is 5.77. The highest BCUT2D eigenvalue weighted by molar-refractivity contribution is 5.97. The summed E-state index contributed by atoms with van der Waals surface area (Å²) in [6.07, 6.45) is 0. The Kier molecular flexibility index (Phi) is 7.44. The highest BCUT2D eigenvalue weighted by atomic mass is 19.3. The Hall–Kier alpha value is -3.96. The van der Waals surface area contributed by atoms with Gasteiger partial charge < -0.3 is 24.3 Å². The number of carbonyl (C=O) groups excluding carboxylic acids is 2. The number of nitro groups is 1. The summed E-state index contributed by atoms with van der Waals surface area (Å²) in [5.74, 6) is -1.98. The summed E-state index contributed by atoms with van der Waals surface area (Å²) in [4.78, 5) is 34.5. The van der Waals surface area contributed by atoms with Crippen molar-refractivity contribution in [1.82, 2.24) is 0 Å². The molecule has 10 nitrogen and oxygen atoms in total. The van der Waals surface area contributed by atoms with Gasteiger partial charge in [-0.2, -0.15) is 8.78 Å². The molecule has 2 aromatic rings. The Balaban J connectivity index is 2.03. The van der Waals surface area contributed by atoms with Gasteiger partial charge in [-0.1, -0.05) is 0 Å². The quantitative estimate of drug-likeness (QED) is 0.368. The van der Waals surface area contributed by atoms with Gasteiger partial charge in [0.25, 0.3) is 11.6 Å².